The average Bonchev–Trinajstić information content (AvgIpc) is 3.23. The second kappa shape index (κ2) is 10.2. The standard InChI is InChI=1S/C27H28Cl2N4O/c28-22-6-5-21(24(29)16-22)18-33-25-4-2-1-3-20(25)15-26(33)27(34)31-17-19-9-13-32(14-10-19)23-7-11-30-12-8-23/h1-8,11-12,16,19,26H,9-10,13-15,17-18H2,(H,31,34). The van der Waals surface area contributed by atoms with E-state index in [0.29, 0.717) is 35.5 Å². The Balaban J connectivity index is 1.22. The number of fused-ring (bicyclic) bond motifs is 1. The molecule has 5 rings (SSSR count). The minimum absolute atomic E-state index is 0.0813. The Bertz CT molecular complexity index is 1150. The highest BCUT2D eigenvalue weighted by Gasteiger charge is 2.35. The van der Waals surface area contributed by atoms with E-state index in [9.17, 15) is 4.79 Å². The molecule has 0 saturated carbocycles. The van der Waals surface area contributed by atoms with Crippen LogP contribution < -0.4 is 15.1 Å². The van der Waals surface area contributed by atoms with E-state index in [1.165, 1.54) is 11.3 Å². The molecule has 2 aliphatic rings. The van der Waals surface area contributed by atoms with Gasteiger partial charge in [0.05, 0.1) is 0 Å². The van der Waals surface area contributed by atoms with E-state index in [2.05, 4.69) is 44.4 Å². The number of rotatable bonds is 6. The van der Waals surface area contributed by atoms with Gasteiger partial charge in [-0.1, -0.05) is 47.5 Å². The van der Waals surface area contributed by atoms with Gasteiger partial charge in [-0.3, -0.25) is 9.78 Å². The van der Waals surface area contributed by atoms with Crippen LogP contribution in [-0.2, 0) is 17.8 Å². The number of piperidine rings is 1. The van der Waals surface area contributed by atoms with Crippen LogP contribution in [0.15, 0.2) is 67.0 Å². The van der Waals surface area contributed by atoms with E-state index in [-0.39, 0.29) is 11.9 Å². The van der Waals surface area contributed by atoms with Gasteiger partial charge in [0, 0.05) is 66.4 Å². The Kier molecular flexibility index (Phi) is 6.93. The molecule has 0 radical (unpaired) electrons. The zero-order valence-electron chi connectivity index (χ0n) is 19.0. The zero-order chi connectivity index (χ0) is 23.5. The molecule has 3 heterocycles. The van der Waals surface area contributed by atoms with Gasteiger partial charge in [0.1, 0.15) is 6.04 Å². The first-order valence-electron chi connectivity index (χ1n) is 11.8. The Hall–Kier alpha value is -2.76. The van der Waals surface area contributed by atoms with Gasteiger partial charge in [0.15, 0.2) is 0 Å². The van der Waals surface area contributed by atoms with Crippen molar-refractivity contribution in [2.24, 2.45) is 5.92 Å². The van der Waals surface area contributed by atoms with E-state index < -0.39 is 0 Å². The Labute approximate surface area is 210 Å². The number of halogens is 2. The number of aromatic nitrogens is 1. The summed E-state index contributed by atoms with van der Waals surface area (Å²) >= 11 is 12.5. The van der Waals surface area contributed by atoms with Crippen LogP contribution in [0.1, 0.15) is 24.0 Å². The fourth-order valence-corrected chi connectivity index (χ4v) is 5.49. The number of anilines is 2. The number of pyridine rings is 1. The molecule has 176 valence electrons. The van der Waals surface area contributed by atoms with Gasteiger partial charge in [0.25, 0.3) is 0 Å². The number of hydrogen-bond donors (Lipinski definition) is 1. The second-order valence-electron chi connectivity index (χ2n) is 9.09. The number of nitrogens with one attached hydrogen (secondary N) is 1. The van der Waals surface area contributed by atoms with Crippen molar-refractivity contribution in [3.63, 3.8) is 0 Å². The van der Waals surface area contributed by atoms with Crippen molar-refractivity contribution in [2.75, 3.05) is 29.4 Å². The van der Waals surface area contributed by atoms with Crippen LogP contribution in [0.2, 0.25) is 10.0 Å². The highest BCUT2D eigenvalue weighted by Crippen LogP contribution is 2.35. The number of benzene rings is 2. The van der Waals surface area contributed by atoms with Crippen LogP contribution >= 0.6 is 23.2 Å². The number of hydrogen-bond acceptors (Lipinski definition) is 4. The minimum Gasteiger partial charge on any atom is -0.371 e. The normalized spacial score (nSPS) is 18.1. The Morgan fingerprint density at radius 2 is 1.79 bits per heavy atom. The topological polar surface area (TPSA) is 48.5 Å². The molecule has 0 aliphatic carbocycles. The molecule has 1 amide bonds. The third kappa shape index (κ3) is 5.01. The molecule has 0 bridgehead atoms. The number of amides is 1. The molecule has 34 heavy (non-hydrogen) atoms. The largest absolute Gasteiger partial charge is 0.371 e. The molecule has 1 unspecified atom stereocenters. The molecular weight excluding hydrogens is 467 g/mol. The monoisotopic (exact) mass is 494 g/mol. The number of para-hydroxylation sites is 1. The minimum atomic E-state index is -0.249. The maximum atomic E-state index is 13.4. The molecule has 0 spiro atoms. The van der Waals surface area contributed by atoms with E-state index in [1.54, 1.807) is 6.07 Å². The first-order valence-corrected chi connectivity index (χ1v) is 12.6. The lowest BCUT2D eigenvalue weighted by Crippen LogP contribution is -2.47. The molecule has 5 nitrogen and oxygen atoms in total. The summed E-state index contributed by atoms with van der Waals surface area (Å²) in [5.74, 6) is 0.572. The highest BCUT2D eigenvalue weighted by molar-refractivity contribution is 6.35. The van der Waals surface area contributed by atoms with Gasteiger partial charge in [-0.15, -0.1) is 0 Å². The molecule has 1 saturated heterocycles. The summed E-state index contributed by atoms with van der Waals surface area (Å²) < 4.78 is 0. The number of nitrogens with zero attached hydrogens (tertiary/aromatic N) is 3. The molecule has 3 aromatic rings. The zero-order valence-corrected chi connectivity index (χ0v) is 20.5. The van der Waals surface area contributed by atoms with E-state index in [1.807, 2.05) is 36.7 Å². The highest BCUT2D eigenvalue weighted by atomic mass is 35.5. The summed E-state index contributed by atoms with van der Waals surface area (Å²) in [6.45, 7) is 3.28. The van der Waals surface area contributed by atoms with Crippen molar-refractivity contribution < 1.29 is 4.79 Å². The van der Waals surface area contributed by atoms with Gasteiger partial charge < -0.3 is 15.1 Å². The summed E-state index contributed by atoms with van der Waals surface area (Å²) in [6, 6.07) is 17.7. The second-order valence-corrected chi connectivity index (χ2v) is 9.94. The predicted molar refractivity (Wildman–Crippen MR) is 139 cm³/mol. The smallest absolute Gasteiger partial charge is 0.243 e. The summed E-state index contributed by atoms with van der Waals surface area (Å²) in [7, 11) is 0. The van der Waals surface area contributed by atoms with Crippen LogP contribution in [0.5, 0.6) is 0 Å². The predicted octanol–water partition coefficient (Wildman–Crippen LogP) is 5.35. The first kappa shape index (κ1) is 23.0. The molecular formula is C27H28Cl2N4O. The van der Waals surface area contributed by atoms with Gasteiger partial charge in [-0.2, -0.15) is 0 Å². The molecule has 1 atom stereocenters. The number of carbonyl (C=O) groups is 1. The van der Waals surface area contributed by atoms with Gasteiger partial charge in [0.2, 0.25) is 5.91 Å². The molecule has 7 heteroatoms. The SMILES string of the molecule is O=C(NCC1CCN(c2ccncc2)CC1)C1Cc2ccccc2N1Cc1ccc(Cl)cc1Cl. The summed E-state index contributed by atoms with van der Waals surface area (Å²) in [5.41, 5.74) is 4.47. The van der Waals surface area contributed by atoms with Crippen LogP contribution in [0.4, 0.5) is 11.4 Å². The molecule has 1 aromatic heterocycles. The van der Waals surface area contributed by atoms with Crippen molar-refractivity contribution in [2.45, 2.75) is 31.8 Å². The third-order valence-electron chi connectivity index (χ3n) is 6.96. The van der Waals surface area contributed by atoms with E-state index in [4.69, 9.17) is 23.2 Å². The lowest BCUT2D eigenvalue weighted by Gasteiger charge is -2.34. The van der Waals surface area contributed by atoms with Crippen molar-refractivity contribution in [1.82, 2.24) is 10.3 Å². The quantitative estimate of drug-likeness (QED) is 0.501. The van der Waals surface area contributed by atoms with E-state index >= 15 is 0 Å². The van der Waals surface area contributed by atoms with E-state index in [0.717, 1.165) is 37.2 Å². The van der Waals surface area contributed by atoms with Crippen LogP contribution in [-0.4, -0.2) is 36.6 Å². The summed E-state index contributed by atoms with van der Waals surface area (Å²) in [4.78, 5) is 22.0. The molecule has 2 aliphatic heterocycles. The molecule has 1 N–H and O–H groups in total. The molecule has 2 aromatic carbocycles. The summed E-state index contributed by atoms with van der Waals surface area (Å²) in [6.07, 6.45) is 6.51. The van der Waals surface area contributed by atoms with Gasteiger partial charge in [-0.05, 0) is 60.2 Å². The van der Waals surface area contributed by atoms with Crippen molar-refractivity contribution in [3.8, 4) is 0 Å². The lowest BCUT2D eigenvalue weighted by atomic mass is 9.96. The number of carbonyl (C=O) groups excluding carboxylic acids is 1. The van der Waals surface area contributed by atoms with Crippen molar-refractivity contribution >= 4 is 40.5 Å². The van der Waals surface area contributed by atoms with Crippen molar-refractivity contribution in [1.29, 1.82) is 0 Å². The Morgan fingerprint density at radius 1 is 1.03 bits per heavy atom. The molecule has 1 fully saturated rings. The first-order chi connectivity index (χ1) is 16.6. The maximum Gasteiger partial charge on any atom is 0.243 e. The van der Waals surface area contributed by atoms with Crippen LogP contribution in [0.3, 0.4) is 0 Å². The van der Waals surface area contributed by atoms with Gasteiger partial charge >= 0.3 is 0 Å². The lowest BCUT2D eigenvalue weighted by molar-refractivity contribution is -0.122. The summed E-state index contributed by atoms with van der Waals surface area (Å²) in [5, 5.41) is 4.49. The van der Waals surface area contributed by atoms with Crippen molar-refractivity contribution in [3.05, 3.63) is 88.2 Å². The fraction of sp³-hybridized carbons (Fsp3) is 0.333. The van der Waals surface area contributed by atoms with Crippen LogP contribution in [0, 0.1) is 5.92 Å². The van der Waals surface area contributed by atoms with Gasteiger partial charge in [-0.25, -0.2) is 0 Å². The third-order valence-corrected chi connectivity index (χ3v) is 7.54. The average molecular weight is 495 g/mol. The Morgan fingerprint density at radius 3 is 2.56 bits per heavy atom. The van der Waals surface area contributed by atoms with Crippen LogP contribution in [0.25, 0.3) is 0 Å². The fourth-order valence-electron chi connectivity index (χ4n) is 5.03. The maximum absolute atomic E-state index is 13.4.